The minimum atomic E-state index is 0.111. The molecule has 0 bridgehead atoms. The van der Waals surface area contributed by atoms with Gasteiger partial charge in [-0.2, -0.15) is 5.10 Å². The topological polar surface area (TPSA) is 50.9 Å². The van der Waals surface area contributed by atoms with E-state index in [1.807, 2.05) is 30.3 Å². The van der Waals surface area contributed by atoms with Crippen LogP contribution in [-0.2, 0) is 6.42 Å². The first-order valence-electron chi connectivity index (χ1n) is 7.35. The summed E-state index contributed by atoms with van der Waals surface area (Å²) in [5, 5.41) is 15.2. The molecule has 1 aromatic carbocycles. The van der Waals surface area contributed by atoms with Crippen molar-refractivity contribution in [2.24, 2.45) is 0 Å². The molecule has 7 heteroatoms. The Bertz CT molecular complexity index is 827. The van der Waals surface area contributed by atoms with Gasteiger partial charge >= 0.3 is 0 Å². The van der Waals surface area contributed by atoms with Crippen molar-refractivity contribution >= 4 is 34.8 Å². The molecule has 1 N–H and O–H groups in total. The molecular weight excluding hydrogens is 369 g/mol. The number of aliphatic hydroxyl groups is 1. The van der Waals surface area contributed by atoms with Crippen LogP contribution in [0.3, 0.4) is 0 Å². The van der Waals surface area contributed by atoms with Crippen LogP contribution < -0.4 is 0 Å². The Morgan fingerprint density at radius 2 is 1.67 bits per heavy atom. The fourth-order valence-corrected chi connectivity index (χ4v) is 3.07. The number of aryl methyl sites for hydroxylation is 1. The maximum absolute atomic E-state index is 9.06. The van der Waals surface area contributed by atoms with Crippen molar-refractivity contribution in [1.82, 2.24) is 14.8 Å². The molecular formula is C17H14Cl3N3O. The third-order valence-corrected chi connectivity index (χ3v) is 4.34. The summed E-state index contributed by atoms with van der Waals surface area (Å²) in [4.78, 5) is 3.98. The average molecular weight is 383 g/mol. The summed E-state index contributed by atoms with van der Waals surface area (Å²) < 4.78 is 1.71. The van der Waals surface area contributed by atoms with E-state index in [4.69, 9.17) is 39.9 Å². The second kappa shape index (κ2) is 7.53. The van der Waals surface area contributed by atoms with Gasteiger partial charge in [0.05, 0.1) is 21.4 Å². The van der Waals surface area contributed by atoms with Crippen LogP contribution in [0.25, 0.3) is 16.9 Å². The monoisotopic (exact) mass is 381 g/mol. The summed E-state index contributed by atoms with van der Waals surface area (Å²) in [6.45, 7) is 0.111. The van der Waals surface area contributed by atoms with Crippen LogP contribution in [0.15, 0.2) is 42.7 Å². The summed E-state index contributed by atoms with van der Waals surface area (Å²) in [6.07, 6.45) is 4.35. The first kappa shape index (κ1) is 17.2. The Morgan fingerprint density at radius 1 is 1.00 bits per heavy atom. The predicted molar refractivity (Wildman–Crippen MR) is 97.2 cm³/mol. The third-order valence-electron chi connectivity index (χ3n) is 3.53. The molecule has 0 amide bonds. The van der Waals surface area contributed by atoms with Gasteiger partial charge in [-0.15, -0.1) is 0 Å². The maximum Gasteiger partial charge on any atom is 0.106 e. The Labute approximate surface area is 154 Å². The van der Waals surface area contributed by atoms with Gasteiger partial charge in [0, 0.05) is 29.6 Å². The molecule has 3 aromatic rings. The molecule has 2 aromatic heterocycles. The average Bonchev–Trinajstić information content (AvgIpc) is 2.97. The molecule has 24 heavy (non-hydrogen) atoms. The summed E-state index contributed by atoms with van der Waals surface area (Å²) in [5.74, 6) is 0. The van der Waals surface area contributed by atoms with Crippen LogP contribution in [0.5, 0.6) is 0 Å². The predicted octanol–water partition coefficient (Wildman–Crippen LogP) is 4.82. The van der Waals surface area contributed by atoms with E-state index in [0.29, 0.717) is 33.6 Å². The zero-order chi connectivity index (χ0) is 17.1. The van der Waals surface area contributed by atoms with E-state index < -0.39 is 0 Å². The summed E-state index contributed by atoms with van der Waals surface area (Å²) in [7, 11) is 0. The highest BCUT2D eigenvalue weighted by atomic mass is 35.5. The van der Waals surface area contributed by atoms with Crippen molar-refractivity contribution in [2.45, 2.75) is 12.8 Å². The van der Waals surface area contributed by atoms with Gasteiger partial charge in [-0.1, -0.05) is 46.9 Å². The van der Waals surface area contributed by atoms with Crippen LogP contribution in [0.4, 0.5) is 0 Å². The first-order valence-corrected chi connectivity index (χ1v) is 8.48. The van der Waals surface area contributed by atoms with Gasteiger partial charge in [-0.3, -0.25) is 4.98 Å². The fourth-order valence-electron chi connectivity index (χ4n) is 2.42. The molecule has 4 nitrogen and oxygen atoms in total. The van der Waals surface area contributed by atoms with E-state index in [1.54, 1.807) is 4.68 Å². The van der Waals surface area contributed by atoms with Gasteiger partial charge < -0.3 is 5.11 Å². The van der Waals surface area contributed by atoms with Gasteiger partial charge in [0.25, 0.3) is 0 Å². The highest BCUT2D eigenvalue weighted by Crippen LogP contribution is 2.32. The van der Waals surface area contributed by atoms with Crippen LogP contribution >= 0.6 is 34.8 Å². The number of hydrogen-bond acceptors (Lipinski definition) is 3. The lowest BCUT2D eigenvalue weighted by Gasteiger charge is -2.11. The standard InChI is InChI=1S/C17H14Cl3N3O/c18-12-5-3-11(4-6-12)16-8-13(2-1-7-24)22-23(16)17-14(19)9-21-10-15(17)20/h3-6,8-10,24H,1-2,7H2. The Balaban J connectivity index is 2.16. The van der Waals surface area contributed by atoms with E-state index in [-0.39, 0.29) is 6.61 Å². The smallest absolute Gasteiger partial charge is 0.106 e. The fraction of sp³-hybridized carbons (Fsp3) is 0.176. The van der Waals surface area contributed by atoms with E-state index in [0.717, 1.165) is 17.0 Å². The molecule has 0 aliphatic rings. The van der Waals surface area contributed by atoms with E-state index >= 15 is 0 Å². The zero-order valence-electron chi connectivity index (χ0n) is 12.6. The number of rotatable bonds is 5. The number of hydrogen-bond donors (Lipinski definition) is 1. The summed E-state index contributed by atoms with van der Waals surface area (Å²) in [5.41, 5.74) is 3.20. The lowest BCUT2D eigenvalue weighted by atomic mass is 10.1. The molecule has 2 heterocycles. The third kappa shape index (κ3) is 3.57. The van der Waals surface area contributed by atoms with E-state index in [9.17, 15) is 0 Å². The highest BCUT2D eigenvalue weighted by Gasteiger charge is 2.17. The molecule has 0 saturated heterocycles. The van der Waals surface area contributed by atoms with Gasteiger partial charge in [-0.05, 0) is 31.0 Å². The minimum Gasteiger partial charge on any atom is -0.396 e. The SMILES string of the molecule is OCCCc1cc(-c2ccc(Cl)cc2)n(-c2c(Cl)cncc2Cl)n1. The van der Waals surface area contributed by atoms with Gasteiger partial charge in [0.15, 0.2) is 0 Å². The number of nitrogens with zero attached hydrogens (tertiary/aromatic N) is 3. The number of halogens is 3. The van der Waals surface area contributed by atoms with Crippen LogP contribution in [-0.4, -0.2) is 26.5 Å². The van der Waals surface area contributed by atoms with Crippen molar-refractivity contribution in [3.63, 3.8) is 0 Å². The van der Waals surface area contributed by atoms with Crippen molar-refractivity contribution in [3.8, 4) is 16.9 Å². The first-order chi connectivity index (χ1) is 11.6. The molecule has 124 valence electrons. The number of aliphatic hydroxyl groups excluding tert-OH is 1. The molecule has 3 rings (SSSR count). The van der Waals surface area contributed by atoms with Gasteiger partial charge in [-0.25, -0.2) is 4.68 Å². The van der Waals surface area contributed by atoms with Crippen molar-refractivity contribution in [2.75, 3.05) is 6.61 Å². The molecule has 0 aliphatic heterocycles. The normalized spacial score (nSPS) is 11.0. The van der Waals surface area contributed by atoms with Crippen LogP contribution in [0.1, 0.15) is 12.1 Å². The summed E-state index contributed by atoms with van der Waals surface area (Å²) in [6, 6.07) is 9.42. The Hall–Kier alpha value is -1.59. The van der Waals surface area contributed by atoms with Crippen molar-refractivity contribution < 1.29 is 5.11 Å². The van der Waals surface area contributed by atoms with Crippen molar-refractivity contribution in [3.05, 3.63) is 63.5 Å². The second-order valence-electron chi connectivity index (χ2n) is 5.22. The quantitative estimate of drug-likeness (QED) is 0.688. The largest absolute Gasteiger partial charge is 0.396 e. The minimum absolute atomic E-state index is 0.111. The molecule has 0 saturated carbocycles. The molecule has 0 radical (unpaired) electrons. The molecule has 0 aliphatic carbocycles. The molecule has 0 spiro atoms. The zero-order valence-corrected chi connectivity index (χ0v) is 14.9. The van der Waals surface area contributed by atoms with Crippen LogP contribution in [0.2, 0.25) is 15.1 Å². The van der Waals surface area contributed by atoms with E-state index in [1.165, 1.54) is 12.4 Å². The van der Waals surface area contributed by atoms with Crippen molar-refractivity contribution in [1.29, 1.82) is 0 Å². The Morgan fingerprint density at radius 3 is 2.29 bits per heavy atom. The molecule has 0 atom stereocenters. The van der Waals surface area contributed by atoms with E-state index in [2.05, 4.69) is 10.1 Å². The van der Waals surface area contributed by atoms with Crippen LogP contribution in [0, 0.1) is 0 Å². The maximum atomic E-state index is 9.06. The number of aromatic nitrogens is 3. The molecule has 0 unspecified atom stereocenters. The number of pyridine rings is 1. The highest BCUT2D eigenvalue weighted by molar-refractivity contribution is 6.37. The molecule has 0 fully saturated rings. The lowest BCUT2D eigenvalue weighted by Crippen LogP contribution is -2.02. The second-order valence-corrected chi connectivity index (χ2v) is 6.47. The van der Waals surface area contributed by atoms with Gasteiger partial charge in [0.2, 0.25) is 0 Å². The Kier molecular flexibility index (Phi) is 5.41. The summed E-state index contributed by atoms with van der Waals surface area (Å²) >= 11 is 18.6. The van der Waals surface area contributed by atoms with Gasteiger partial charge in [0.1, 0.15) is 5.69 Å². The lowest BCUT2D eigenvalue weighted by molar-refractivity contribution is 0.288. The number of benzene rings is 1.